The van der Waals surface area contributed by atoms with E-state index in [1.807, 2.05) is 15.9 Å². The zero-order chi connectivity index (χ0) is 25.1. The first-order valence-electron chi connectivity index (χ1n) is 13.6. The number of hydrogen-bond donors (Lipinski definition) is 1. The van der Waals surface area contributed by atoms with Crippen molar-refractivity contribution >= 4 is 33.1 Å². The Morgan fingerprint density at radius 2 is 1.78 bits per heavy atom. The molecule has 36 heavy (non-hydrogen) atoms. The first kappa shape index (κ1) is 23.7. The molecule has 7 heteroatoms. The van der Waals surface area contributed by atoms with Crippen LogP contribution in [-0.4, -0.2) is 43.5 Å². The smallest absolute Gasteiger partial charge is 0.225 e. The third kappa shape index (κ3) is 3.69. The van der Waals surface area contributed by atoms with Crippen LogP contribution in [0, 0.1) is 26.7 Å². The molecule has 5 heterocycles. The van der Waals surface area contributed by atoms with Crippen LogP contribution in [0.15, 0.2) is 12.5 Å². The number of amides is 1. The van der Waals surface area contributed by atoms with Crippen molar-refractivity contribution in [1.82, 2.24) is 24.5 Å². The molecule has 6 rings (SSSR count). The van der Waals surface area contributed by atoms with Gasteiger partial charge in [0.1, 0.15) is 11.2 Å². The lowest BCUT2D eigenvalue weighted by Gasteiger charge is -2.33. The van der Waals surface area contributed by atoms with Gasteiger partial charge in [0.15, 0.2) is 5.65 Å². The van der Waals surface area contributed by atoms with Gasteiger partial charge in [0.2, 0.25) is 5.91 Å². The van der Waals surface area contributed by atoms with Crippen molar-refractivity contribution in [3.8, 4) is 11.3 Å². The molecule has 1 saturated heterocycles. The number of hydrogen-bond acceptors (Lipinski definition) is 4. The normalized spacial score (nSPS) is 17.9. The van der Waals surface area contributed by atoms with Crippen molar-refractivity contribution in [2.75, 3.05) is 13.1 Å². The zero-order valence-corrected chi connectivity index (χ0v) is 23.0. The summed E-state index contributed by atoms with van der Waals surface area (Å²) in [6.07, 6.45) is 10.5. The highest BCUT2D eigenvalue weighted by molar-refractivity contribution is 7.19. The van der Waals surface area contributed by atoms with E-state index in [1.54, 1.807) is 6.33 Å². The van der Waals surface area contributed by atoms with Crippen LogP contribution in [0.3, 0.4) is 0 Å². The van der Waals surface area contributed by atoms with Gasteiger partial charge >= 0.3 is 0 Å². The molecule has 0 radical (unpaired) electrons. The highest BCUT2D eigenvalue weighted by Crippen LogP contribution is 2.46. The lowest BCUT2D eigenvalue weighted by atomic mass is 9.89. The van der Waals surface area contributed by atoms with E-state index in [4.69, 9.17) is 0 Å². The number of rotatable bonds is 4. The van der Waals surface area contributed by atoms with Gasteiger partial charge in [-0.05, 0) is 80.5 Å². The number of fused-ring (bicyclic) bond motifs is 2. The molecular formula is C29H37N5OS. The predicted octanol–water partition coefficient (Wildman–Crippen LogP) is 6.88. The first-order chi connectivity index (χ1) is 17.3. The number of nitrogens with zero attached hydrogens (tertiary/aromatic N) is 4. The molecular weight excluding hydrogens is 466 g/mol. The van der Waals surface area contributed by atoms with Crippen LogP contribution < -0.4 is 0 Å². The van der Waals surface area contributed by atoms with Crippen molar-refractivity contribution in [2.45, 2.75) is 85.0 Å². The van der Waals surface area contributed by atoms with Crippen LogP contribution in [0.25, 0.3) is 27.1 Å². The lowest BCUT2D eigenvalue weighted by molar-refractivity contribution is -0.136. The third-order valence-electron chi connectivity index (χ3n) is 8.82. The summed E-state index contributed by atoms with van der Waals surface area (Å²) in [7, 11) is 0. The Balaban J connectivity index is 1.33. The highest BCUT2D eigenvalue weighted by Gasteiger charge is 2.32. The van der Waals surface area contributed by atoms with Crippen LogP contribution >= 0.6 is 11.3 Å². The number of aromatic nitrogens is 4. The largest absolute Gasteiger partial charge is 0.346 e. The molecule has 1 amide bonds. The van der Waals surface area contributed by atoms with Crippen molar-refractivity contribution in [3.63, 3.8) is 0 Å². The number of aryl methyl sites for hydroxylation is 2. The molecule has 6 nitrogen and oxygen atoms in total. The molecule has 4 aromatic heterocycles. The maximum atomic E-state index is 12.9. The third-order valence-corrected chi connectivity index (χ3v) is 10.2. The monoisotopic (exact) mass is 503 g/mol. The Labute approximate surface area is 217 Å². The van der Waals surface area contributed by atoms with Gasteiger partial charge in [-0.1, -0.05) is 26.7 Å². The fourth-order valence-corrected chi connectivity index (χ4v) is 8.07. The SMILES string of the molecule is Cc1c(-c2[nH]c3sc(C4CCN(C(=O)C5CCCC5)CC4)c(C)c3c2C(C)C)cn2ncnc2c1C. The zero-order valence-electron chi connectivity index (χ0n) is 22.1. The summed E-state index contributed by atoms with van der Waals surface area (Å²) in [4.78, 5) is 26.2. The molecule has 0 spiro atoms. The van der Waals surface area contributed by atoms with Crippen LogP contribution in [0.4, 0.5) is 0 Å². The Hall–Kier alpha value is -2.67. The summed E-state index contributed by atoms with van der Waals surface area (Å²) in [5.41, 5.74) is 8.61. The fourth-order valence-electron chi connectivity index (χ4n) is 6.68. The molecule has 0 unspecified atom stereocenters. The fraction of sp³-hybridized carbons (Fsp3) is 0.552. The van der Waals surface area contributed by atoms with Gasteiger partial charge in [0.05, 0.1) is 5.69 Å². The first-order valence-corrected chi connectivity index (χ1v) is 14.4. The van der Waals surface area contributed by atoms with Crippen LogP contribution in [-0.2, 0) is 4.79 Å². The van der Waals surface area contributed by atoms with Gasteiger partial charge in [-0.2, -0.15) is 5.10 Å². The average Bonchev–Trinajstić information content (AvgIpc) is 3.66. The summed E-state index contributed by atoms with van der Waals surface area (Å²) < 4.78 is 1.90. The summed E-state index contributed by atoms with van der Waals surface area (Å²) >= 11 is 1.93. The molecule has 0 atom stereocenters. The molecule has 2 aliphatic rings. The van der Waals surface area contributed by atoms with E-state index in [2.05, 4.69) is 60.8 Å². The van der Waals surface area contributed by atoms with Gasteiger partial charge in [-0.25, -0.2) is 9.50 Å². The minimum absolute atomic E-state index is 0.291. The molecule has 1 N–H and O–H groups in total. The molecule has 1 saturated carbocycles. The Bertz CT molecular complexity index is 1440. The second kappa shape index (κ2) is 9.02. The molecule has 1 aliphatic heterocycles. The van der Waals surface area contributed by atoms with E-state index in [1.165, 1.54) is 61.4 Å². The van der Waals surface area contributed by atoms with Crippen LogP contribution in [0.2, 0.25) is 0 Å². The number of piperidine rings is 1. The molecule has 0 aromatic carbocycles. The van der Waals surface area contributed by atoms with E-state index in [9.17, 15) is 4.79 Å². The number of carbonyl (C=O) groups excluding carboxylic acids is 1. The second-order valence-corrected chi connectivity index (χ2v) is 12.3. The Morgan fingerprint density at radius 3 is 2.47 bits per heavy atom. The second-order valence-electron chi connectivity index (χ2n) is 11.3. The predicted molar refractivity (Wildman–Crippen MR) is 147 cm³/mol. The van der Waals surface area contributed by atoms with E-state index in [0.29, 0.717) is 23.7 Å². The molecule has 4 aromatic rings. The van der Waals surface area contributed by atoms with Crippen molar-refractivity contribution in [2.24, 2.45) is 5.92 Å². The van der Waals surface area contributed by atoms with Gasteiger partial charge < -0.3 is 9.88 Å². The Morgan fingerprint density at radius 1 is 1.06 bits per heavy atom. The maximum Gasteiger partial charge on any atom is 0.225 e. The van der Waals surface area contributed by atoms with Gasteiger partial charge in [0.25, 0.3) is 0 Å². The minimum Gasteiger partial charge on any atom is -0.346 e. The van der Waals surface area contributed by atoms with Crippen LogP contribution in [0.5, 0.6) is 0 Å². The number of pyridine rings is 1. The average molecular weight is 504 g/mol. The van der Waals surface area contributed by atoms with Crippen molar-refractivity contribution in [3.05, 3.63) is 39.7 Å². The van der Waals surface area contributed by atoms with Gasteiger partial charge in [-0.15, -0.1) is 11.3 Å². The number of likely N-dealkylation sites (tertiary alicyclic amines) is 1. The molecule has 190 valence electrons. The summed E-state index contributed by atoms with van der Waals surface area (Å²) in [6.45, 7) is 13.0. The van der Waals surface area contributed by atoms with E-state index in [0.717, 1.165) is 44.4 Å². The van der Waals surface area contributed by atoms with Crippen molar-refractivity contribution in [1.29, 1.82) is 0 Å². The topological polar surface area (TPSA) is 66.3 Å². The summed E-state index contributed by atoms with van der Waals surface area (Å²) in [5.74, 6) is 1.65. The van der Waals surface area contributed by atoms with Gasteiger partial charge in [0, 0.05) is 41.0 Å². The highest BCUT2D eigenvalue weighted by atomic mass is 32.1. The quantitative estimate of drug-likeness (QED) is 0.330. The van der Waals surface area contributed by atoms with E-state index < -0.39 is 0 Å². The summed E-state index contributed by atoms with van der Waals surface area (Å²) in [6, 6.07) is 0. The van der Waals surface area contributed by atoms with E-state index >= 15 is 0 Å². The number of carbonyl (C=O) groups is 1. The number of thiophene rings is 1. The van der Waals surface area contributed by atoms with Crippen LogP contribution in [0.1, 0.15) is 91.3 Å². The van der Waals surface area contributed by atoms with E-state index in [-0.39, 0.29) is 0 Å². The standard InChI is InChI=1S/C29H37N5OS/c1-16(2)23-24-19(5)26(20-10-12-33(13-11-20)29(35)21-8-6-7-9-21)36-28(24)32-25(23)22-14-34-27(30-15-31-34)18(4)17(22)3/h14-16,20-21,32H,6-13H2,1-5H3. The summed E-state index contributed by atoms with van der Waals surface area (Å²) in [5, 5.41) is 5.83. The maximum absolute atomic E-state index is 12.9. The number of nitrogens with one attached hydrogen (secondary N) is 1. The Kier molecular flexibility index (Phi) is 5.94. The lowest BCUT2D eigenvalue weighted by Crippen LogP contribution is -2.40. The minimum atomic E-state index is 0.291. The number of aromatic amines is 1. The number of H-pyrrole nitrogens is 1. The van der Waals surface area contributed by atoms with Crippen molar-refractivity contribution < 1.29 is 4.79 Å². The van der Waals surface area contributed by atoms with Gasteiger partial charge in [-0.3, -0.25) is 4.79 Å². The molecule has 2 fully saturated rings. The molecule has 1 aliphatic carbocycles. The molecule has 0 bridgehead atoms.